The fourth-order valence-corrected chi connectivity index (χ4v) is 4.04. The first-order chi connectivity index (χ1) is 8.76. The zero-order valence-electron chi connectivity index (χ0n) is 10.7. The van der Waals surface area contributed by atoms with Gasteiger partial charge in [0.25, 0.3) is 0 Å². The SMILES string of the molecule is CCSC1CCCC1Nc1ncnc(NC)c1Br. The number of hydrogen-bond acceptors (Lipinski definition) is 5. The summed E-state index contributed by atoms with van der Waals surface area (Å²) in [6.45, 7) is 2.22. The summed E-state index contributed by atoms with van der Waals surface area (Å²) < 4.78 is 0.916. The van der Waals surface area contributed by atoms with E-state index in [0.29, 0.717) is 11.3 Å². The van der Waals surface area contributed by atoms with Crippen LogP contribution in [0, 0.1) is 0 Å². The van der Waals surface area contributed by atoms with Gasteiger partial charge in [-0.25, -0.2) is 9.97 Å². The highest BCUT2D eigenvalue weighted by atomic mass is 79.9. The van der Waals surface area contributed by atoms with E-state index in [9.17, 15) is 0 Å². The van der Waals surface area contributed by atoms with Crippen LogP contribution in [0.25, 0.3) is 0 Å². The molecule has 6 heteroatoms. The van der Waals surface area contributed by atoms with Crippen LogP contribution in [0.4, 0.5) is 11.6 Å². The van der Waals surface area contributed by atoms with Crippen LogP contribution in [0.3, 0.4) is 0 Å². The molecule has 2 rings (SSSR count). The lowest BCUT2D eigenvalue weighted by Gasteiger charge is -2.21. The van der Waals surface area contributed by atoms with Crippen LogP contribution in [0.2, 0.25) is 0 Å². The molecule has 18 heavy (non-hydrogen) atoms. The molecular formula is C12H19BrN4S. The lowest BCUT2D eigenvalue weighted by Crippen LogP contribution is -2.27. The van der Waals surface area contributed by atoms with Crippen LogP contribution >= 0.6 is 27.7 Å². The molecule has 0 radical (unpaired) electrons. The van der Waals surface area contributed by atoms with E-state index in [4.69, 9.17) is 0 Å². The minimum Gasteiger partial charge on any atom is -0.372 e. The van der Waals surface area contributed by atoms with Gasteiger partial charge in [0, 0.05) is 18.3 Å². The van der Waals surface area contributed by atoms with Crippen molar-refractivity contribution >= 4 is 39.3 Å². The molecular weight excluding hydrogens is 312 g/mol. The second-order valence-electron chi connectivity index (χ2n) is 4.31. The predicted octanol–water partition coefficient (Wildman–Crippen LogP) is 3.37. The van der Waals surface area contributed by atoms with Gasteiger partial charge in [0.05, 0.1) is 0 Å². The van der Waals surface area contributed by atoms with Gasteiger partial charge in [0.2, 0.25) is 0 Å². The van der Waals surface area contributed by atoms with Crippen molar-refractivity contribution in [2.45, 2.75) is 37.5 Å². The first-order valence-corrected chi connectivity index (χ1v) is 8.16. The van der Waals surface area contributed by atoms with Crippen LogP contribution in [0.15, 0.2) is 10.8 Å². The highest BCUT2D eigenvalue weighted by Gasteiger charge is 2.28. The fraction of sp³-hybridized carbons (Fsp3) is 0.667. The van der Waals surface area contributed by atoms with Gasteiger partial charge in [0.15, 0.2) is 0 Å². The van der Waals surface area contributed by atoms with Gasteiger partial charge < -0.3 is 10.6 Å². The van der Waals surface area contributed by atoms with E-state index < -0.39 is 0 Å². The van der Waals surface area contributed by atoms with Crippen LogP contribution in [-0.4, -0.2) is 34.1 Å². The highest BCUT2D eigenvalue weighted by Crippen LogP contribution is 2.34. The maximum absolute atomic E-state index is 4.33. The molecule has 0 aromatic carbocycles. The van der Waals surface area contributed by atoms with E-state index in [1.165, 1.54) is 25.0 Å². The van der Waals surface area contributed by atoms with Gasteiger partial charge in [-0.1, -0.05) is 13.3 Å². The Morgan fingerprint density at radius 2 is 2.17 bits per heavy atom. The molecule has 4 nitrogen and oxygen atoms in total. The van der Waals surface area contributed by atoms with E-state index in [1.807, 2.05) is 18.8 Å². The number of nitrogens with zero attached hydrogens (tertiary/aromatic N) is 2. The lowest BCUT2D eigenvalue weighted by molar-refractivity contribution is 0.761. The van der Waals surface area contributed by atoms with Crippen molar-refractivity contribution < 1.29 is 0 Å². The Hall–Kier alpha value is -0.490. The Morgan fingerprint density at radius 1 is 1.39 bits per heavy atom. The number of hydrogen-bond donors (Lipinski definition) is 2. The normalized spacial score (nSPS) is 23.1. The lowest BCUT2D eigenvalue weighted by atomic mass is 10.2. The number of aromatic nitrogens is 2. The van der Waals surface area contributed by atoms with Gasteiger partial charge in [0.1, 0.15) is 22.4 Å². The zero-order valence-corrected chi connectivity index (χ0v) is 13.1. The van der Waals surface area contributed by atoms with Crippen molar-refractivity contribution in [3.8, 4) is 0 Å². The van der Waals surface area contributed by atoms with E-state index in [2.05, 4.69) is 43.5 Å². The van der Waals surface area contributed by atoms with Gasteiger partial charge in [-0.2, -0.15) is 11.8 Å². The number of anilines is 2. The molecule has 0 bridgehead atoms. The monoisotopic (exact) mass is 330 g/mol. The molecule has 1 saturated carbocycles. The van der Waals surface area contributed by atoms with Crippen molar-refractivity contribution in [1.82, 2.24) is 9.97 Å². The maximum atomic E-state index is 4.33. The van der Waals surface area contributed by atoms with Crippen molar-refractivity contribution in [3.63, 3.8) is 0 Å². The second-order valence-corrected chi connectivity index (χ2v) is 6.62. The summed E-state index contributed by atoms with van der Waals surface area (Å²) in [4.78, 5) is 8.50. The molecule has 2 N–H and O–H groups in total. The Kier molecular flexibility index (Phi) is 5.12. The largest absolute Gasteiger partial charge is 0.372 e. The fourth-order valence-electron chi connectivity index (χ4n) is 2.33. The molecule has 1 heterocycles. The van der Waals surface area contributed by atoms with Gasteiger partial charge in [-0.3, -0.25) is 0 Å². The van der Waals surface area contributed by atoms with Gasteiger partial charge >= 0.3 is 0 Å². The molecule has 1 aliphatic carbocycles. The summed E-state index contributed by atoms with van der Waals surface area (Å²) in [5.41, 5.74) is 0. The minimum absolute atomic E-state index is 0.519. The third-order valence-electron chi connectivity index (χ3n) is 3.18. The molecule has 0 aliphatic heterocycles. The van der Waals surface area contributed by atoms with Crippen LogP contribution in [0.5, 0.6) is 0 Å². The summed E-state index contributed by atoms with van der Waals surface area (Å²) in [7, 11) is 1.86. The molecule has 2 unspecified atom stereocenters. The molecule has 1 aliphatic rings. The first-order valence-electron chi connectivity index (χ1n) is 6.32. The quantitative estimate of drug-likeness (QED) is 0.866. The Morgan fingerprint density at radius 3 is 2.89 bits per heavy atom. The molecule has 0 spiro atoms. The third-order valence-corrected chi connectivity index (χ3v) is 5.26. The summed E-state index contributed by atoms with van der Waals surface area (Å²) in [6, 6.07) is 0.519. The smallest absolute Gasteiger partial charge is 0.146 e. The molecule has 0 amide bonds. The van der Waals surface area contributed by atoms with E-state index in [1.54, 1.807) is 6.33 Å². The van der Waals surface area contributed by atoms with Crippen LogP contribution < -0.4 is 10.6 Å². The number of thioether (sulfide) groups is 1. The molecule has 1 aromatic rings. The molecule has 100 valence electrons. The van der Waals surface area contributed by atoms with Crippen molar-refractivity contribution in [2.75, 3.05) is 23.4 Å². The van der Waals surface area contributed by atoms with E-state index in [0.717, 1.165) is 16.1 Å². The Balaban J connectivity index is 2.09. The number of rotatable bonds is 5. The highest BCUT2D eigenvalue weighted by molar-refractivity contribution is 9.10. The second kappa shape index (κ2) is 6.61. The average molecular weight is 331 g/mol. The predicted molar refractivity (Wildman–Crippen MR) is 82.5 cm³/mol. The Bertz CT molecular complexity index is 402. The average Bonchev–Trinajstić information content (AvgIpc) is 2.80. The van der Waals surface area contributed by atoms with Crippen LogP contribution in [0.1, 0.15) is 26.2 Å². The number of halogens is 1. The number of nitrogens with one attached hydrogen (secondary N) is 2. The summed E-state index contributed by atoms with van der Waals surface area (Å²) in [6.07, 6.45) is 5.42. The standard InChI is InChI=1S/C12H19BrN4S/c1-3-18-9-6-4-5-8(9)17-12-10(13)11(14-2)15-7-16-12/h7-9H,3-6H2,1-2H3,(H2,14,15,16,17). The summed E-state index contributed by atoms with van der Waals surface area (Å²) in [5, 5.41) is 7.32. The van der Waals surface area contributed by atoms with Crippen molar-refractivity contribution in [2.24, 2.45) is 0 Å². The molecule has 2 atom stereocenters. The third kappa shape index (κ3) is 3.09. The maximum Gasteiger partial charge on any atom is 0.146 e. The minimum atomic E-state index is 0.519. The summed E-state index contributed by atoms with van der Waals surface area (Å²) >= 11 is 5.60. The van der Waals surface area contributed by atoms with Crippen molar-refractivity contribution in [1.29, 1.82) is 0 Å². The zero-order chi connectivity index (χ0) is 13.0. The van der Waals surface area contributed by atoms with Crippen LogP contribution in [-0.2, 0) is 0 Å². The summed E-state index contributed by atoms with van der Waals surface area (Å²) in [5.74, 6) is 2.89. The van der Waals surface area contributed by atoms with E-state index in [-0.39, 0.29) is 0 Å². The molecule has 1 aromatic heterocycles. The topological polar surface area (TPSA) is 49.8 Å². The Labute approximate surface area is 121 Å². The van der Waals surface area contributed by atoms with Crippen molar-refractivity contribution in [3.05, 3.63) is 10.8 Å². The molecule has 0 saturated heterocycles. The first kappa shape index (κ1) is 13.9. The molecule has 1 fully saturated rings. The van der Waals surface area contributed by atoms with Gasteiger partial charge in [-0.15, -0.1) is 0 Å². The van der Waals surface area contributed by atoms with E-state index >= 15 is 0 Å². The van der Waals surface area contributed by atoms with Gasteiger partial charge in [-0.05, 0) is 34.5 Å².